The molecular formula is C16H18BrN3O. The first-order valence-corrected chi connectivity index (χ1v) is 7.81. The van der Waals surface area contributed by atoms with E-state index in [-0.39, 0.29) is 11.5 Å². The Morgan fingerprint density at radius 3 is 2.71 bits per heavy atom. The molecular weight excluding hydrogens is 330 g/mol. The second-order valence-corrected chi connectivity index (χ2v) is 6.12. The summed E-state index contributed by atoms with van der Waals surface area (Å²) in [5, 5.41) is 12.2. The number of piperidine rings is 1. The van der Waals surface area contributed by atoms with Gasteiger partial charge < -0.3 is 10.2 Å². The molecule has 1 aliphatic heterocycles. The number of hydrogen-bond acceptors (Lipinski definition) is 3. The van der Waals surface area contributed by atoms with Gasteiger partial charge >= 0.3 is 0 Å². The van der Waals surface area contributed by atoms with E-state index < -0.39 is 0 Å². The maximum atomic E-state index is 12.3. The first kappa shape index (κ1) is 15.6. The number of rotatable bonds is 3. The molecule has 1 heterocycles. The van der Waals surface area contributed by atoms with Crippen molar-refractivity contribution in [2.45, 2.75) is 19.8 Å². The summed E-state index contributed by atoms with van der Waals surface area (Å²) in [6.45, 7) is 3.65. The number of carbonyl (C=O) groups excluding carboxylic acids is 1. The van der Waals surface area contributed by atoms with Crippen molar-refractivity contribution in [2.24, 2.45) is 5.92 Å². The van der Waals surface area contributed by atoms with Crippen LogP contribution in [0.3, 0.4) is 0 Å². The Balaban J connectivity index is 2.05. The first-order chi connectivity index (χ1) is 10.1. The van der Waals surface area contributed by atoms with Gasteiger partial charge in [0.2, 0.25) is 0 Å². The van der Waals surface area contributed by atoms with Gasteiger partial charge in [-0.15, -0.1) is 0 Å². The molecule has 1 aliphatic rings. The standard InChI is InChI=1S/C16H18BrN3O/c1-12-6-8-20(9-7-12)16(21)13(10-18)11-19-15-5-3-2-4-14(15)17/h2-5,11-12,19H,6-9H2,1H3/b13-11-. The van der Waals surface area contributed by atoms with Crippen LogP contribution < -0.4 is 5.32 Å². The molecule has 1 saturated heterocycles. The average Bonchev–Trinajstić information content (AvgIpc) is 2.50. The molecule has 0 bridgehead atoms. The number of nitrogens with zero attached hydrogens (tertiary/aromatic N) is 2. The summed E-state index contributed by atoms with van der Waals surface area (Å²) >= 11 is 3.42. The molecule has 0 unspecified atom stereocenters. The second kappa shape index (κ2) is 7.28. The number of carbonyl (C=O) groups is 1. The van der Waals surface area contributed by atoms with Gasteiger partial charge in [-0.2, -0.15) is 5.26 Å². The van der Waals surface area contributed by atoms with Crippen molar-refractivity contribution in [2.75, 3.05) is 18.4 Å². The summed E-state index contributed by atoms with van der Waals surface area (Å²) in [7, 11) is 0. The topological polar surface area (TPSA) is 56.1 Å². The number of nitriles is 1. The van der Waals surface area contributed by atoms with Gasteiger partial charge in [0.15, 0.2) is 0 Å². The SMILES string of the molecule is CC1CCN(C(=O)/C(C#N)=C\Nc2ccccc2Br)CC1. The van der Waals surface area contributed by atoms with Gasteiger partial charge in [-0.25, -0.2) is 0 Å². The lowest BCUT2D eigenvalue weighted by molar-refractivity contribution is -0.128. The third-order valence-corrected chi connectivity index (χ3v) is 4.36. The predicted octanol–water partition coefficient (Wildman–Crippen LogP) is 3.53. The molecule has 0 aliphatic carbocycles. The van der Waals surface area contributed by atoms with Crippen molar-refractivity contribution in [1.29, 1.82) is 5.26 Å². The Hall–Kier alpha value is -1.80. The highest BCUT2D eigenvalue weighted by molar-refractivity contribution is 9.10. The van der Waals surface area contributed by atoms with Crippen molar-refractivity contribution in [3.63, 3.8) is 0 Å². The zero-order valence-electron chi connectivity index (χ0n) is 12.0. The molecule has 0 spiro atoms. The highest BCUT2D eigenvalue weighted by atomic mass is 79.9. The molecule has 0 radical (unpaired) electrons. The molecule has 0 saturated carbocycles. The van der Waals surface area contributed by atoms with Crippen molar-refractivity contribution in [3.8, 4) is 6.07 Å². The van der Waals surface area contributed by atoms with Crippen LogP contribution in [0.4, 0.5) is 5.69 Å². The molecule has 4 nitrogen and oxygen atoms in total. The summed E-state index contributed by atoms with van der Waals surface area (Å²) in [4.78, 5) is 14.1. The second-order valence-electron chi connectivity index (χ2n) is 5.27. The maximum absolute atomic E-state index is 12.3. The summed E-state index contributed by atoms with van der Waals surface area (Å²) < 4.78 is 0.887. The van der Waals surface area contributed by atoms with Crippen LogP contribution >= 0.6 is 15.9 Å². The third kappa shape index (κ3) is 4.08. The van der Waals surface area contributed by atoms with Crippen LogP contribution in [0.25, 0.3) is 0 Å². The van der Waals surface area contributed by atoms with E-state index in [4.69, 9.17) is 0 Å². The maximum Gasteiger partial charge on any atom is 0.266 e. The number of anilines is 1. The van der Waals surface area contributed by atoms with Gasteiger partial charge in [0.1, 0.15) is 11.6 Å². The summed E-state index contributed by atoms with van der Waals surface area (Å²) in [6, 6.07) is 9.57. The molecule has 1 amide bonds. The highest BCUT2D eigenvalue weighted by Crippen LogP contribution is 2.22. The molecule has 0 atom stereocenters. The normalized spacial score (nSPS) is 16.4. The van der Waals surface area contributed by atoms with Crippen LogP contribution in [0.5, 0.6) is 0 Å². The molecule has 1 N–H and O–H groups in total. The van der Waals surface area contributed by atoms with Gasteiger partial charge in [-0.05, 0) is 46.8 Å². The zero-order chi connectivity index (χ0) is 15.2. The number of likely N-dealkylation sites (tertiary alicyclic amines) is 1. The lowest BCUT2D eigenvalue weighted by atomic mass is 9.99. The molecule has 5 heteroatoms. The highest BCUT2D eigenvalue weighted by Gasteiger charge is 2.22. The molecule has 110 valence electrons. The van der Waals surface area contributed by atoms with E-state index in [2.05, 4.69) is 28.2 Å². The minimum atomic E-state index is -0.191. The van der Waals surface area contributed by atoms with Gasteiger partial charge in [-0.1, -0.05) is 19.1 Å². The molecule has 2 rings (SSSR count). The number of benzene rings is 1. The predicted molar refractivity (Wildman–Crippen MR) is 86.4 cm³/mol. The Morgan fingerprint density at radius 1 is 1.43 bits per heavy atom. The largest absolute Gasteiger partial charge is 0.359 e. The number of para-hydroxylation sites is 1. The van der Waals surface area contributed by atoms with Crippen LogP contribution in [0.2, 0.25) is 0 Å². The zero-order valence-corrected chi connectivity index (χ0v) is 13.6. The Kier molecular flexibility index (Phi) is 5.40. The van der Waals surface area contributed by atoms with Gasteiger partial charge in [0.05, 0.1) is 5.69 Å². The van der Waals surface area contributed by atoms with Crippen molar-refractivity contribution in [3.05, 3.63) is 40.5 Å². The monoisotopic (exact) mass is 347 g/mol. The fraction of sp³-hybridized carbons (Fsp3) is 0.375. The fourth-order valence-electron chi connectivity index (χ4n) is 2.25. The third-order valence-electron chi connectivity index (χ3n) is 3.67. The van der Waals surface area contributed by atoms with Crippen molar-refractivity contribution >= 4 is 27.5 Å². The smallest absolute Gasteiger partial charge is 0.266 e. The molecule has 1 aromatic rings. The number of amides is 1. The van der Waals surface area contributed by atoms with Crippen LogP contribution in [-0.2, 0) is 4.79 Å². The van der Waals surface area contributed by atoms with Crippen LogP contribution in [0.15, 0.2) is 40.5 Å². The van der Waals surface area contributed by atoms with E-state index in [1.54, 1.807) is 4.90 Å². The molecule has 0 aromatic heterocycles. The lowest BCUT2D eigenvalue weighted by Gasteiger charge is -2.30. The fourth-order valence-corrected chi connectivity index (χ4v) is 2.65. The Bertz CT molecular complexity index is 583. The van der Waals surface area contributed by atoms with Gasteiger partial charge in [0, 0.05) is 23.8 Å². The minimum absolute atomic E-state index is 0.139. The number of hydrogen-bond donors (Lipinski definition) is 1. The quantitative estimate of drug-likeness (QED) is 0.672. The molecule has 1 aromatic carbocycles. The van der Waals surface area contributed by atoms with Crippen LogP contribution in [0.1, 0.15) is 19.8 Å². The first-order valence-electron chi connectivity index (χ1n) is 7.02. The van der Waals surface area contributed by atoms with E-state index in [0.29, 0.717) is 5.92 Å². The number of nitrogens with one attached hydrogen (secondary N) is 1. The van der Waals surface area contributed by atoms with E-state index in [0.717, 1.165) is 36.1 Å². The van der Waals surface area contributed by atoms with Crippen molar-refractivity contribution in [1.82, 2.24) is 4.90 Å². The van der Waals surface area contributed by atoms with E-state index in [1.807, 2.05) is 30.3 Å². The lowest BCUT2D eigenvalue weighted by Crippen LogP contribution is -2.38. The number of halogens is 1. The van der Waals surface area contributed by atoms with Gasteiger partial charge in [0.25, 0.3) is 5.91 Å². The Labute approximate surface area is 133 Å². The van der Waals surface area contributed by atoms with Gasteiger partial charge in [-0.3, -0.25) is 4.79 Å². The molecule has 21 heavy (non-hydrogen) atoms. The minimum Gasteiger partial charge on any atom is -0.359 e. The summed E-state index contributed by atoms with van der Waals surface area (Å²) in [5.74, 6) is 0.464. The summed E-state index contributed by atoms with van der Waals surface area (Å²) in [6.07, 6.45) is 3.49. The molecule has 1 fully saturated rings. The van der Waals surface area contributed by atoms with Crippen molar-refractivity contribution < 1.29 is 4.79 Å². The van der Waals surface area contributed by atoms with Crippen LogP contribution in [0, 0.1) is 17.2 Å². The average molecular weight is 348 g/mol. The van der Waals surface area contributed by atoms with E-state index in [1.165, 1.54) is 6.20 Å². The van der Waals surface area contributed by atoms with E-state index >= 15 is 0 Å². The van der Waals surface area contributed by atoms with E-state index in [9.17, 15) is 10.1 Å². The summed E-state index contributed by atoms with van der Waals surface area (Å²) in [5.41, 5.74) is 0.964. The Morgan fingerprint density at radius 2 is 2.10 bits per heavy atom. The van der Waals surface area contributed by atoms with Crippen LogP contribution in [-0.4, -0.2) is 23.9 Å².